The van der Waals surface area contributed by atoms with Crippen molar-refractivity contribution >= 4 is 46.6 Å². The fourth-order valence-corrected chi connectivity index (χ4v) is 3.74. The van der Waals surface area contributed by atoms with E-state index in [2.05, 4.69) is 4.18 Å². The summed E-state index contributed by atoms with van der Waals surface area (Å²) in [5, 5.41) is 0.376. The van der Waals surface area contributed by atoms with E-state index in [1.807, 2.05) is 0 Å². The molecule has 0 aliphatic rings. The van der Waals surface area contributed by atoms with Crippen LogP contribution in [0.15, 0.2) is 12.1 Å². The maximum absolute atomic E-state index is 12.4. The molecule has 0 heterocycles. The fourth-order valence-electron chi connectivity index (χ4n) is 1.35. The Labute approximate surface area is 125 Å². The number of halogens is 5. The summed E-state index contributed by atoms with van der Waals surface area (Å²) in [7, 11) is -7.93. The number of benzene rings is 1. The van der Waals surface area contributed by atoms with Crippen LogP contribution in [-0.2, 0) is 10.1 Å². The minimum atomic E-state index is -5.74. The SMILES string of the molecule is C[Si](C)(C)c1cc(Cl)c(Cl)cc1OS(=O)(=O)C(F)(F)F. The van der Waals surface area contributed by atoms with Gasteiger partial charge < -0.3 is 4.18 Å². The summed E-state index contributed by atoms with van der Waals surface area (Å²) in [5.41, 5.74) is -5.50. The minimum Gasteiger partial charge on any atom is -0.376 e. The van der Waals surface area contributed by atoms with Gasteiger partial charge in [-0.1, -0.05) is 42.8 Å². The van der Waals surface area contributed by atoms with Gasteiger partial charge in [-0.2, -0.15) is 21.6 Å². The predicted molar refractivity (Wildman–Crippen MR) is 75.0 cm³/mol. The Hall–Kier alpha value is -0.443. The Morgan fingerprint density at radius 1 is 1.10 bits per heavy atom. The van der Waals surface area contributed by atoms with Crippen LogP contribution in [0, 0.1) is 0 Å². The van der Waals surface area contributed by atoms with Gasteiger partial charge in [0.1, 0.15) is 5.75 Å². The van der Waals surface area contributed by atoms with Crippen molar-refractivity contribution in [3.8, 4) is 5.75 Å². The van der Waals surface area contributed by atoms with Crippen LogP contribution in [0.1, 0.15) is 0 Å². The van der Waals surface area contributed by atoms with E-state index in [0.717, 1.165) is 6.07 Å². The zero-order valence-electron chi connectivity index (χ0n) is 10.7. The highest BCUT2D eigenvalue weighted by Gasteiger charge is 2.49. The lowest BCUT2D eigenvalue weighted by Crippen LogP contribution is -2.40. The summed E-state index contributed by atoms with van der Waals surface area (Å²) in [6, 6.07) is 2.33. The van der Waals surface area contributed by atoms with E-state index in [0.29, 0.717) is 5.19 Å². The first-order chi connectivity index (χ1) is 8.75. The van der Waals surface area contributed by atoms with Gasteiger partial charge in [-0.05, 0) is 11.3 Å². The zero-order valence-corrected chi connectivity index (χ0v) is 14.0. The highest BCUT2D eigenvalue weighted by atomic mass is 35.5. The van der Waals surface area contributed by atoms with Crippen molar-refractivity contribution in [3.63, 3.8) is 0 Å². The molecule has 1 rings (SSSR count). The van der Waals surface area contributed by atoms with Crippen LogP contribution in [-0.4, -0.2) is 22.0 Å². The standard InChI is InChI=1S/C10H11Cl2F3O3SSi/c1-20(2,3)9-5-7(12)6(11)4-8(9)18-19(16,17)10(13,14)15/h4-5H,1-3H3. The second-order valence-corrected chi connectivity index (χ2v) is 12.4. The molecule has 0 amide bonds. The normalized spacial score (nSPS) is 13.4. The molecule has 0 N–H and O–H groups in total. The first-order valence-corrected chi connectivity index (χ1v) is 10.9. The van der Waals surface area contributed by atoms with Crippen LogP contribution in [0.4, 0.5) is 13.2 Å². The maximum atomic E-state index is 12.4. The Kier molecular flexibility index (Phi) is 4.75. The molecule has 20 heavy (non-hydrogen) atoms. The molecule has 0 aromatic heterocycles. The molecule has 0 aliphatic carbocycles. The zero-order chi connectivity index (χ0) is 15.9. The van der Waals surface area contributed by atoms with Gasteiger partial charge in [0, 0.05) is 6.07 Å². The van der Waals surface area contributed by atoms with E-state index < -0.39 is 29.4 Å². The third-order valence-electron chi connectivity index (χ3n) is 2.31. The Balaban J connectivity index is 3.43. The monoisotopic (exact) mass is 366 g/mol. The number of alkyl halides is 3. The summed E-state index contributed by atoms with van der Waals surface area (Å²) < 4.78 is 63.5. The minimum absolute atomic E-state index is 0.0824. The number of hydrogen-bond donors (Lipinski definition) is 0. The molecule has 10 heteroatoms. The summed E-state index contributed by atoms with van der Waals surface area (Å²) in [6.45, 7) is 5.42. The van der Waals surface area contributed by atoms with Crippen LogP contribution in [0.3, 0.4) is 0 Å². The Morgan fingerprint density at radius 3 is 1.95 bits per heavy atom. The highest BCUT2D eigenvalue weighted by Crippen LogP contribution is 2.31. The second kappa shape index (κ2) is 5.40. The molecular formula is C10H11Cl2F3O3SSi. The molecule has 1 aromatic rings. The largest absolute Gasteiger partial charge is 0.534 e. The van der Waals surface area contributed by atoms with Crippen LogP contribution in [0.5, 0.6) is 5.75 Å². The van der Waals surface area contributed by atoms with Crippen molar-refractivity contribution in [2.45, 2.75) is 25.1 Å². The molecule has 0 saturated carbocycles. The summed E-state index contributed by atoms with van der Waals surface area (Å²) >= 11 is 11.5. The smallest absolute Gasteiger partial charge is 0.376 e. The van der Waals surface area contributed by atoms with Crippen molar-refractivity contribution in [1.82, 2.24) is 0 Å². The van der Waals surface area contributed by atoms with E-state index in [9.17, 15) is 21.6 Å². The van der Waals surface area contributed by atoms with Crippen LogP contribution >= 0.6 is 23.2 Å². The van der Waals surface area contributed by atoms with Gasteiger partial charge in [-0.15, -0.1) is 0 Å². The number of rotatable bonds is 3. The lowest BCUT2D eigenvalue weighted by molar-refractivity contribution is -0.0499. The highest BCUT2D eigenvalue weighted by molar-refractivity contribution is 7.88. The Morgan fingerprint density at radius 2 is 1.55 bits per heavy atom. The number of hydrogen-bond acceptors (Lipinski definition) is 3. The van der Waals surface area contributed by atoms with Gasteiger partial charge in [0.25, 0.3) is 0 Å². The van der Waals surface area contributed by atoms with E-state index in [-0.39, 0.29) is 10.0 Å². The molecule has 0 fully saturated rings. The van der Waals surface area contributed by atoms with Crippen molar-refractivity contribution in [1.29, 1.82) is 0 Å². The summed E-state index contributed by atoms with van der Waals surface area (Å²) in [4.78, 5) is 0. The van der Waals surface area contributed by atoms with Crippen molar-refractivity contribution in [3.05, 3.63) is 22.2 Å². The molecule has 0 spiro atoms. The van der Waals surface area contributed by atoms with Crippen LogP contribution in [0.2, 0.25) is 29.7 Å². The maximum Gasteiger partial charge on any atom is 0.534 e. The second-order valence-electron chi connectivity index (χ2n) is 5.00. The summed E-state index contributed by atoms with van der Waals surface area (Å²) in [5.74, 6) is -0.434. The van der Waals surface area contributed by atoms with E-state index in [1.165, 1.54) is 6.07 Å². The lowest BCUT2D eigenvalue weighted by atomic mass is 10.3. The van der Waals surface area contributed by atoms with Gasteiger partial charge in [0.2, 0.25) is 0 Å². The molecule has 0 aliphatic heterocycles. The van der Waals surface area contributed by atoms with E-state index in [4.69, 9.17) is 23.2 Å². The lowest BCUT2D eigenvalue weighted by Gasteiger charge is -2.21. The van der Waals surface area contributed by atoms with Gasteiger partial charge in [-0.25, -0.2) is 0 Å². The molecule has 0 unspecified atom stereocenters. The van der Waals surface area contributed by atoms with Crippen molar-refractivity contribution < 1.29 is 25.8 Å². The first kappa shape index (κ1) is 17.6. The van der Waals surface area contributed by atoms with Gasteiger partial charge >= 0.3 is 15.6 Å². The topological polar surface area (TPSA) is 43.4 Å². The third-order valence-corrected chi connectivity index (χ3v) is 6.01. The first-order valence-electron chi connectivity index (χ1n) is 5.26. The molecule has 1 aromatic carbocycles. The predicted octanol–water partition coefficient (Wildman–Crippen LogP) is 3.77. The third kappa shape index (κ3) is 3.81. The quantitative estimate of drug-likeness (QED) is 0.464. The fraction of sp³-hybridized carbons (Fsp3) is 0.400. The average Bonchev–Trinajstić information content (AvgIpc) is 2.19. The van der Waals surface area contributed by atoms with E-state index in [1.54, 1.807) is 19.6 Å². The van der Waals surface area contributed by atoms with Crippen LogP contribution < -0.4 is 9.37 Å². The summed E-state index contributed by atoms with van der Waals surface area (Å²) in [6.07, 6.45) is 0. The molecule has 0 radical (unpaired) electrons. The molecule has 0 atom stereocenters. The van der Waals surface area contributed by atoms with Gasteiger partial charge in [0.05, 0.1) is 18.1 Å². The molecule has 0 saturated heterocycles. The van der Waals surface area contributed by atoms with Crippen molar-refractivity contribution in [2.75, 3.05) is 0 Å². The molecule has 114 valence electrons. The van der Waals surface area contributed by atoms with Crippen molar-refractivity contribution in [2.24, 2.45) is 0 Å². The molecule has 3 nitrogen and oxygen atoms in total. The molecule has 0 bridgehead atoms. The van der Waals surface area contributed by atoms with E-state index >= 15 is 0 Å². The van der Waals surface area contributed by atoms with Crippen LogP contribution in [0.25, 0.3) is 0 Å². The van der Waals surface area contributed by atoms with Gasteiger partial charge in [0.15, 0.2) is 0 Å². The average molecular weight is 367 g/mol. The Bertz CT molecular complexity index is 624. The molecular weight excluding hydrogens is 356 g/mol. The van der Waals surface area contributed by atoms with Gasteiger partial charge in [-0.3, -0.25) is 0 Å².